The zero-order chi connectivity index (χ0) is 24.9. The summed E-state index contributed by atoms with van der Waals surface area (Å²) in [5, 5.41) is 11.9. The lowest BCUT2D eigenvalue weighted by atomic mass is 9.54. The molecule has 7 nitrogen and oxygen atoms in total. The van der Waals surface area contributed by atoms with Crippen molar-refractivity contribution in [2.75, 3.05) is 6.61 Å². The number of carboxylic acids is 1. The lowest BCUT2D eigenvalue weighted by Gasteiger charge is -2.55. The number of nitrogens with one attached hydrogen (secondary N) is 1. The molecule has 5 aliphatic carbocycles. The third-order valence-electron chi connectivity index (χ3n) is 8.60. The Labute approximate surface area is 210 Å². The van der Waals surface area contributed by atoms with Crippen molar-refractivity contribution in [3.05, 3.63) is 59.7 Å². The average Bonchev–Trinajstić information content (AvgIpc) is 3.14. The molecule has 0 saturated heterocycles. The van der Waals surface area contributed by atoms with Gasteiger partial charge in [-0.15, -0.1) is 0 Å². The van der Waals surface area contributed by atoms with Crippen molar-refractivity contribution in [3.8, 4) is 11.1 Å². The van der Waals surface area contributed by atoms with Gasteiger partial charge >= 0.3 is 18.0 Å². The van der Waals surface area contributed by atoms with Gasteiger partial charge in [-0.25, -0.2) is 9.59 Å². The second-order valence-corrected chi connectivity index (χ2v) is 11.1. The van der Waals surface area contributed by atoms with E-state index in [1.54, 1.807) is 0 Å². The molecule has 2 aromatic carbocycles. The van der Waals surface area contributed by atoms with Crippen LogP contribution in [0.4, 0.5) is 4.79 Å². The minimum absolute atomic E-state index is 0.0870. The Kier molecular flexibility index (Phi) is 5.73. The number of amides is 1. The van der Waals surface area contributed by atoms with Crippen molar-refractivity contribution in [1.29, 1.82) is 0 Å². The highest BCUT2D eigenvalue weighted by atomic mass is 16.6. The van der Waals surface area contributed by atoms with Crippen LogP contribution in [0.25, 0.3) is 11.1 Å². The second-order valence-electron chi connectivity index (χ2n) is 11.1. The van der Waals surface area contributed by atoms with Crippen molar-refractivity contribution in [3.63, 3.8) is 0 Å². The van der Waals surface area contributed by atoms with Crippen LogP contribution in [-0.2, 0) is 19.1 Å². The summed E-state index contributed by atoms with van der Waals surface area (Å²) in [5.74, 6) is -0.236. The summed E-state index contributed by atoms with van der Waals surface area (Å²) in [6.07, 6.45) is 4.77. The van der Waals surface area contributed by atoms with Crippen LogP contribution in [-0.4, -0.2) is 41.4 Å². The molecule has 4 bridgehead atoms. The van der Waals surface area contributed by atoms with Crippen LogP contribution >= 0.6 is 0 Å². The highest BCUT2D eigenvalue weighted by Gasteiger charge is 2.53. The van der Waals surface area contributed by atoms with Crippen LogP contribution in [0.2, 0.25) is 0 Å². The molecule has 1 amide bonds. The third-order valence-corrected chi connectivity index (χ3v) is 8.60. The largest absolute Gasteiger partial charge is 0.481 e. The Hall–Kier alpha value is -3.35. The monoisotopic (exact) mass is 489 g/mol. The van der Waals surface area contributed by atoms with Gasteiger partial charge in [-0.2, -0.15) is 0 Å². The predicted octanol–water partition coefficient (Wildman–Crippen LogP) is 4.88. The normalized spacial score (nSPS) is 28.2. The highest BCUT2D eigenvalue weighted by molar-refractivity contribution is 5.86. The smallest absolute Gasteiger partial charge is 0.407 e. The number of hydrogen-bond donors (Lipinski definition) is 2. The number of rotatable bonds is 7. The Morgan fingerprint density at radius 1 is 0.889 bits per heavy atom. The van der Waals surface area contributed by atoms with E-state index in [2.05, 4.69) is 17.4 Å². The van der Waals surface area contributed by atoms with Crippen LogP contribution in [0.3, 0.4) is 0 Å². The Bertz CT molecular complexity index is 1120. The SMILES string of the molecule is O=C(O)C[C@H](NC(=O)OCC1c2ccccc2-c2ccccc21)C(=O)OC12CC3CC(CC(C3)C1)C2. The first kappa shape index (κ1) is 23.1. The van der Waals surface area contributed by atoms with E-state index in [0.29, 0.717) is 17.8 Å². The quantitative estimate of drug-likeness (QED) is 0.538. The number of hydrogen-bond acceptors (Lipinski definition) is 5. The summed E-state index contributed by atoms with van der Waals surface area (Å²) in [5.41, 5.74) is 3.88. The first-order valence-corrected chi connectivity index (χ1v) is 13.0. The van der Waals surface area contributed by atoms with Gasteiger partial charge in [-0.05, 0) is 78.5 Å². The van der Waals surface area contributed by atoms with Gasteiger partial charge in [0.05, 0.1) is 6.42 Å². The molecule has 4 fully saturated rings. The number of aliphatic carboxylic acids is 1. The molecule has 1 atom stereocenters. The summed E-state index contributed by atoms with van der Waals surface area (Å²) in [6, 6.07) is 14.8. The predicted molar refractivity (Wildman–Crippen MR) is 131 cm³/mol. The number of carbonyl (C=O) groups excluding carboxylic acids is 2. The topological polar surface area (TPSA) is 102 Å². The van der Waals surface area contributed by atoms with Crippen molar-refractivity contribution in [1.82, 2.24) is 5.32 Å². The van der Waals surface area contributed by atoms with E-state index in [-0.39, 0.29) is 12.5 Å². The van der Waals surface area contributed by atoms with E-state index in [4.69, 9.17) is 9.47 Å². The molecule has 2 aromatic rings. The Morgan fingerprint density at radius 3 is 1.94 bits per heavy atom. The first-order valence-electron chi connectivity index (χ1n) is 13.0. The summed E-state index contributed by atoms with van der Waals surface area (Å²) in [4.78, 5) is 37.4. The second kappa shape index (κ2) is 8.95. The van der Waals surface area contributed by atoms with Crippen LogP contribution in [0, 0.1) is 17.8 Å². The maximum atomic E-state index is 13.1. The average molecular weight is 490 g/mol. The van der Waals surface area contributed by atoms with Crippen LogP contribution in [0.5, 0.6) is 0 Å². The summed E-state index contributed by atoms with van der Waals surface area (Å²) < 4.78 is 11.6. The van der Waals surface area contributed by atoms with Gasteiger partial charge in [0.2, 0.25) is 0 Å². The molecule has 0 aromatic heterocycles. The van der Waals surface area contributed by atoms with E-state index in [0.717, 1.165) is 41.5 Å². The minimum atomic E-state index is -1.29. The van der Waals surface area contributed by atoms with Gasteiger partial charge in [0.25, 0.3) is 0 Å². The number of ether oxygens (including phenoxy) is 2. The molecule has 0 aliphatic heterocycles. The van der Waals surface area contributed by atoms with Gasteiger partial charge in [-0.3, -0.25) is 4.79 Å². The molecule has 5 aliphatic rings. The number of alkyl carbamates (subject to hydrolysis) is 1. The maximum absolute atomic E-state index is 13.1. The summed E-state index contributed by atoms with van der Waals surface area (Å²) in [6.45, 7) is 0.0870. The van der Waals surface area contributed by atoms with E-state index in [1.807, 2.05) is 36.4 Å². The first-order chi connectivity index (χ1) is 17.4. The number of fused-ring (bicyclic) bond motifs is 3. The minimum Gasteiger partial charge on any atom is -0.481 e. The molecule has 0 heterocycles. The lowest BCUT2D eigenvalue weighted by Crippen LogP contribution is -2.55. The van der Waals surface area contributed by atoms with Crippen molar-refractivity contribution in [2.24, 2.45) is 17.8 Å². The zero-order valence-corrected chi connectivity index (χ0v) is 20.2. The molecule has 4 saturated carbocycles. The number of carbonyl (C=O) groups is 3. The Morgan fingerprint density at radius 2 is 1.42 bits per heavy atom. The number of carboxylic acid groups (broad SMARTS) is 1. The van der Waals surface area contributed by atoms with Gasteiger partial charge in [0, 0.05) is 5.92 Å². The molecule has 7 rings (SSSR count). The number of esters is 1. The molecule has 2 N–H and O–H groups in total. The third kappa shape index (κ3) is 4.25. The fourth-order valence-corrected chi connectivity index (χ4v) is 7.59. The molecule has 0 spiro atoms. The zero-order valence-electron chi connectivity index (χ0n) is 20.2. The van der Waals surface area contributed by atoms with Crippen LogP contribution in [0.15, 0.2) is 48.5 Å². The number of benzene rings is 2. The van der Waals surface area contributed by atoms with Crippen molar-refractivity contribution >= 4 is 18.0 Å². The van der Waals surface area contributed by atoms with E-state index >= 15 is 0 Å². The summed E-state index contributed by atoms with van der Waals surface area (Å²) in [7, 11) is 0. The van der Waals surface area contributed by atoms with E-state index in [1.165, 1.54) is 19.3 Å². The van der Waals surface area contributed by atoms with Gasteiger partial charge in [-0.1, -0.05) is 48.5 Å². The van der Waals surface area contributed by atoms with Crippen molar-refractivity contribution in [2.45, 2.75) is 62.5 Å². The van der Waals surface area contributed by atoms with Crippen LogP contribution in [0.1, 0.15) is 62.0 Å². The Balaban J connectivity index is 1.12. The molecule has 0 radical (unpaired) electrons. The standard InChI is InChI=1S/C29H31NO6/c31-26(32)12-25(27(33)36-29-13-17-9-18(14-29)11-19(10-17)15-29)30-28(34)35-16-24-22-7-3-1-5-20(22)21-6-2-4-8-23(21)24/h1-8,17-19,24-25H,9-16H2,(H,30,34)(H,31,32)/t17?,18?,19?,25-,29?/m0/s1. The molecule has 188 valence electrons. The maximum Gasteiger partial charge on any atom is 0.407 e. The van der Waals surface area contributed by atoms with E-state index in [9.17, 15) is 19.5 Å². The molecule has 36 heavy (non-hydrogen) atoms. The fourth-order valence-electron chi connectivity index (χ4n) is 7.59. The van der Waals surface area contributed by atoms with Gasteiger partial charge in [0.1, 0.15) is 18.2 Å². The lowest BCUT2D eigenvalue weighted by molar-refractivity contribution is -0.189. The molecular weight excluding hydrogens is 458 g/mol. The fraction of sp³-hybridized carbons (Fsp3) is 0.483. The van der Waals surface area contributed by atoms with Gasteiger partial charge < -0.3 is 19.9 Å². The molecule has 0 unspecified atom stereocenters. The van der Waals surface area contributed by atoms with E-state index < -0.39 is 36.1 Å². The molecular formula is C29H31NO6. The van der Waals surface area contributed by atoms with Crippen molar-refractivity contribution < 1.29 is 29.0 Å². The van der Waals surface area contributed by atoms with Crippen LogP contribution < -0.4 is 5.32 Å². The van der Waals surface area contributed by atoms with Gasteiger partial charge in [0.15, 0.2) is 0 Å². The molecule has 7 heteroatoms. The highest BCUT2D eigenvalue weighted by Crippen LogP contribution is 2.57. The summed E-state index contributed by atoms with van der Waals surface area (Å²) >= 11 is 0.